The van der Waals surface area contributed by atoms with Gasteiger partial charge in [-0.2, -0.15) is 5.26 Å². The maximum atomic E-state index is 12.8. The zero-order valence-electron chi connectivity index (χ0n) is 19.4. The lowest BCUT2D eigenvalue weighted by Gasteiger charge is -2.34. The SMILES string of the molecule is CCN1CCN(Cc2ccc(CNC(=O)C(Oc3ccccc3C#N)C(C)C)cc2)CC1. The van der Waals surface area contributed by atoms with Crippen LogP contribution in [0.3, 0.4) is 0 Å². The van der Waals surface area contributed by atoms with E-state index in [2.05, 4.69) is 52.4 Å². The minimum Gasteiger partial charge on any atom is -0.479 e. The fourth-order valence-corrected chi connectivity index (χ4v) is 3.87. The highest BCUT2D eigenvalue weighted by molar-refractivity contribution is 5.81. The Hall–Kier alpha value is -2.88. The molecule has 0 aromatic heterocycles. The van der Waals surface area contributed by atoms with Crippen LogP contribution >= 0.6 is 0 Å². The van der Waals surface area contributed by atoms with Crippen molar-refractivity contribution in [1.29, 1.82) is 5.26 Å². The van der Waals surface area contributed by atoms with E-state index in [4.69, 9.17) is 4.74 Å². The normalized spacial score (nSPS) is 15.8. The first-order chi connectivity index (χ1) is 15.5. The predicted octanol–water partition coefficient (Wildman–Crippen LogP) is 3.42. The van der Waals surface area contributed by atoms with E-state index < -0.39 is 6.10 Å². The molecule has 0 radical (unpaired) electrons. The summed E-state index contributed by atoms with van der Waals surface area (Å²) in [5.41, 5.74) is 2.78. The van der Waals surface area contributed by atoms with E-state index in [1.54, 1.807) is 24.3 Å². The van der Waals surface area contributed by atoms with Gasteiger partial charge in [0.15, 0.2) is 6.10 Å². The molecule has 1 atom stereocenters. The lowest BCUT2D eigenvalue weighted by atomic mass is 10.1. The number of hydrogen-bond acceptors (Lipinski definition) is 5. The van der Waals surface area contributed by atoms with Gasteiger partial charge >= 0.3 is 0 Å². The number of nitrogens with zero attached hydrogens (tertiary/aromatic N) is 3. The summed E-state index contributed by atoms with van der Waals surface area (Å²) in [6, 6.07) is 17.6. The van der Waals surface area contributed by atoms with E-state index in [0.29, 0.717) is 17.9 Å². The van der Waals surface area contributed by atoms with Crippen LogP contribution in [0, 0.1) is 17.2 Å². The molecular weight excluding hydrogens is 400 g/mol. The smallest absolute Gasteiger partial charge is 0.261 e. The second-order valence-corrected chi connectivity index (χ2v) is 8.64. The van der Waals surface area contributed by atoms with Crippen molar-refractivity contribution in [3.05, 3.63) is 65.2 Å². The van der Waals surface area contributed by atoms with Crippen molar-refractivity contribution in [2.75, 3.05) is 32.7 Å². The van der Waals surface area contributed by atoms with Gasteiger partial charge in [0.25, 0.3) is 5.91 Å². The minimum absolute atomic E-state index is 0.0303. The largest absolute Gasteiger partial charge is 0.479 e. The van der Waals surface area contributed by atoms with Crippen LogP contribution in [-0.2, 0) is 17.9 Å². The molecule has 1 heterocycles. The number of carbonyl (C=O) groups excluding carboxylic acids is 1. The molecule has 0 aliphatic carbocycles. The van der Waals surface area contributed by atoms with E-state index in [-0.39, 0.29) is 11.8 Å². The lowest BCUT2D eigenvalue weighted by molar-refractivity contribution is -0.130. The molecule has 0 bridgehead atoms. The van der Waals surface area contributed by atoms with Crippen molar-refractivity contribution in [3.8, 4) is 11.8 Å². The molecule has 32 heavy (non-hydrogen) atoms. The van der Waals surface area contributed by atoms with Crippen LogP contribution in [0.4, 0.5) is 0 Å². The van der Waals surface area contributed by atoms with E-state index >= 15 is 0 Å². The number of nitriles is 1. The van der Waals surface area contributed by atoms with Crippen LogP contribution in [-0.4, -0.2) is 54.5 Å². The molecule has 1 fully saturated rings. The lowest BCUT2D eigenvalue weighted by Crippen LogP contribution is -2.45. The Bertz CT molecular complexity index is 912. The molecule has 0 saturated carbocycles. The number of rotatable bonds is 9. The highest BCUT2D eigenvalue weighted by Gasteiger charge is 2.25. The number of piperazine rings is 1. The van der Waals surface area contributed by atoms with Gasteiger partial charge in [0.2, 0.25) is 0 Å². The Labute approximate surface area is 191 Å². The van der Waals surface area contributed by atoms with Crippen molar-refractivity contribution >= 4 is 5.91 Å². The molecule has 1 N–H and O–H groups in total. The molecule has 1 aliphatic heterocycles. The van der Waals surface area contributed by atoms with E-state index in [9.17, 15) is 10.1 Å². The van der Waals surface area contributed by atoms with Crippen LogP contribution < -0.4 is 10.1 Å². The van der Waals surface area contributed by atoms with Crippen molar-refractivity contribution < 1.29 is 9.53 Å². The number of para-hydroxylation sites is 1. The maximum absolute atomic E-state index is 12.8. The van der Waals surface area contributed by atoms with Gasteiger partial charge in [-0.3, -0.25) is 9.69 Å². The summed E-state index contributed by atoms with van der Waals surface area (Å²) in [5, 5.41) is 12.3. The third kappa shape index (κ3) is 6.56. The quantitative estimate of drug-likeness (QED) is 0.655. The van der Waals surface area contributed by atoms with Crippen LogP contribution in [0.5, 0.6) is 5.75 Å². The summed E-state index contributed by atoms with van der Waals surface area (Å²) in [4.78, 5) is 17.8. The minimum atomic E-state index is -0.662. The molecule has 1 unspecified atom stereocenters. The number of likely N-dealkylation sites (N-methyl/N-ethyl adjacent to an activating group) is 1. The summed E-state index contributed by atoms with van der Waals surface area (Å²) in [7, 11) is 0. The molecule has 6 heteroatoms. The summed E-state index contributed by atoms with van der Waals surface area (Å²) in [5.74, 6) is 0.232. The van der Waals surface area contributed by atoms with Gasteiger partial charge in [-0.1, -0.05) is 57.2 Å². The first-order valence-electron chi connectivity index (χ1n) is 11.5. The second kappa shape index (κ2) is 11.7. The fraction of sp³-hybridized carbons (Fsp3) is 0.462. The molecule has 0 spiro atoms. The number of benzene rings is 2. The van der Waals surface area contributed by atoms with Crippen molar-refractivity contribution in [2.24, 2.45) is 5.92 Å². The average Bonchev–Trinajstić information content (AvgIpc) is 2.82. The molecule has 2 aromatic rings. The standard InChI is InChI=1S/C26H34N4O2/c1-4-29-13-15-30(16-14-29)19-22-11-9-21(10-12-22)18-28-26(31)25(20(2)3)32-24-8-6-5-7-23(24)17-27/h5-12,20,25H,4,13-16,18-19H2,1-3H3,(H,28,31). The molecular formula is C26H34N4O2. The second-order valence-electron chi connectivity index (χ2n) is 8.64. The summed E-state index contributed by atoms with van der Waals surface area (Å²) in [6.45, 7) is 13.1. The summed E-state index contributed by atoms with van der Waals surface area (Å²) < 4.78 is 5.92. The van der Waals surface area contributed by atoms with Gasteiger partial charge in [-0.05, 0) is 35.7 Å². The Balaban J connectivity index is 1.52. The fourth-order valence-electron chi connectivity index (χ4n) is 3.87. The van der Waals surface area contributed by atoms with E-state index in [0.717, 1.165) is 44.8 Å². The topological polar surface area (TPSA) is 68.6 Å². The number of hydrogen-bond donors (Lipinski definition) is 1. The Morgan fingerprint density at radius 2 is 1.66 bits per heavy atom. The third-order valence-electron chi connectivity index (χ3n) is 5.93. The first kappa shape index (κ1) is 23.8. The van der Waals surface area contributed by atoms with Crippen LogP contribution in [0.2, 0.25) is 0 Å². The van der Waals surface area contributed by atoms with Gasteiger partial charge in [-0.15, -0.1) is 0 Å². The molecule has 1 aliphatic rings. The van der Waals surface area contributed by atoms with Crippen LogP contribution in [0.15, 0.2) is 48.5 Å². The highest BCUT2D eigenvalue weighted by atomic mass is 16.5. The Morgan fingerprint density at radius 1 is 1.03 bits per heavy atom. The van der Waals surface area contributed by atoms with E-state index in [1.807, 2.05) is 13.8 Å². The van der Waals surface area contributed by atoms with Crippen LogP contribution in [0.25, 0.3) is 0 Å². The molecule has 2 aromatic carbocycles. The Kier molecular flexibility index (Phi) is 8.66. The maximum Gasteiger partial charge on any atom is 0.261 e. The van der Waals surface area contributed by atoms with Gasteiger partial charge < -0.3 is 15.0 Å². The summed E-state index contributed by atoms with van der Waals surface area (Å²) in [6.07, 6.45) is -0.662. The monoisotopic (exact) mass is 434 g/mol. The molecule has 170 valence electrons. The van der Waals surface area contributed by atoms with Crippen molar-refractivity contribution in [3.63, 3.8) is 0 Å². The first-order valence-corrected chi connectivity index (χ1v) is 11.5. The number of amides is 1. The third-order valence-corrected chi connectivity index (χ3v) is 5.93. The van der Waals surface area contributed by atoms with Gasteiger partial charge in [-0.25, -0.2) is 0 Å². The molecule has 1 amide bonds. The molecule has 3 rings (SSSR count). The van der Waals surface area contributed by atoms with Crippen molar-refractivity contribution in [1.82, 2.24) is 15.1 Å². The predicted molar refractivity (Wildman–Crippen MR) is 126 cm³/mol. The summed E-state index contributed by atoms with van der Waals surface area (Å²) >= 11 is 0. The zero-order valence-corrected chi connectivity index (χ0v) is 19.4. The highest BCUT2D eigenvalue weighted by Crippen LogP contribution is 2.21. The van der Waals surface area contributed by atoms with E-state index in [1.165, 1.54) is 5.56 Å². The van der Waals surface area contributed by atoms with Crippen molar-refractivity contribution in [2.45, 2.75) is 40.0 Å². The number of carbonyl (C=O) groups is 1. The number of nitrogens with one attached hydrogen (secondary N) is 1. The number of ether oxygens (including phenoxy) is 1. The molecule has 6 nitrogen and oxygen atoms in total. The Morgan fingerprint density at radius 3 is 2.28 bits per heavy atom. The van der Waals surface area contributed by atoms with Crippen LogP contribution in [0.1, 0.15) is 37.5 Å². The molecule has 1 saturated heterocycles. The van der Waals surface area contributed by atoms with Gasteiger partial charge in [0.1, 0.15) is 11.8 Å². The zero-order chi connectivity index (χ0) is 22.9. The average molecular weight is 435 g/mol. The van der Waals surface area contributed by atoms with Gasteiger partial charge in [0, 0.05) is 39.3 Å². The van der Waals surface area contributed by atoms with Gasteiger partial charge in [0.05, 0.1) is 5.56 Å².